The summed E-state index contributed by atoms with van der Waals surface area (Å²) in [6.45, 7) is 5.02. The lowest BCUT2D eigenvalue weighted by molar-refractivity contribution is 0.122. The van der Waals surface area contributed by atoms with E-state index in [1.165, 1.54) is 0 Å². The molecule has 1 saturated heterocycles. The first-order chi connectivity index (χ1) is 7.68. The normalized spacial score (nSPS) is 18.6. The third-order valence-electron chi connectivity index (χ3n) is 2.81. The third kappa shape index (κ3) is 2.48. The van der Waals surface area contributed by atoms with Gasteiger partial charge in [0.05, 0.1) is 19.3 Å². The Bertz CT molecular complexity index is 362. The molecule has 1 aliphatic heterocycles. The lowest BCUT2D eigenvalue weighted by atomic mass is 10.1. The van der Waals surface area contributed by atoms with E-state index in [0.717, 1.165) is 37.6 Å². The summed E-state index contributed by atoms with van der Waals surface area (Å²) >= 11 is 6.13. The van der Waals surface area contributed by atoms with Gasteiger partial charge >= 0.3 is 0 Å². The van der Waals surface area contributed by atoms with Gasteiger partial charge in [-0.25, -0.2) is 0 Å². The number of morpholine rings is 1. The summed E-state index contributed by atoms with van der Waals surface area (Å²) in [5.74, 6) is 0. The van der Waals surface area contributed by atoms with Gasteiger partial charge in [-0.1, -0.05) is 17.7 Å². The molecule has 16 heavy (non-hydrogen) atoms. The summed E-state index contributed by atoms with van der Waals surface area (Å²) in [6.07, 6.45) is -0.522. The molecule has 0 aliphatic carbocycles. The fourth-order valence-corrected chi connectivity index (χ4v) is 2.21. The number of benzene rings is 1. The Morgan fingerprint density at radius 2 is 2.06 bits per heavy atom. The van der Waals surface area contributed by atoms with Crippen molar-refractivity contribution in [1.29, 1.82) is 0 Å². The molecule has 1 heterocycles. The van der Waals surface area contributed by atoms with Gasteiger partial charge in [0.15, 0.2) is 0 Å². The second-order valence-electron chi connectivity index (χ2n) is 3.98. The Kier molecular flexibility index (Phi) is 3.69. The Morgan fingerprint density at radius 1 is 1.38 bits per heavy atom. The molecule has 0 radical (unpaired) electrons. The molecule has 0 spiro atoms. The van der Waals surface area contributed by atoms with Crippen LogP contribution in [-0.4, -0.2) is 31.4 Å². The molecule has 1 aromatic rings. The van der Waals surface area contributed by atoms with Gasteiger partial charge in [-0.2, -0.15) is 0 Å². The zero-order valence-corrected chi connectivity index (χ0v) is 10.1. The van der Waals surface area contributed by atoms with Gasteiger partial charge in [0.25, 0.3) is 0 Å². The third-order valence-corrected chi connectivity index (χ3v) is 3.14. The average molecular weight is 242 g/mol. The highest BCUT2D eigenvalue weighted by molar-refractivity contribution is 6.31. The Morgan fingerprint density at radius 3 is 2.62 bits per heavy atom. The first-order valence-electron chi connectivity index (χ1n) is 5.48. The van der Waals surface area contributed by atoms with E-state index in [4.69, 9.17) is 16.3 Å². The maximum Gasteiger partial charge on any atom is 0.0776 e. The van der Waals surface area contributed by atoms with E-state index in [1.807, 2.05) is 18.2 Å². The number of rotatable bonds is 2. The van der Waals surface area contributed by atoms with Gasteiger partial charge in [0.2, 0.25) is 0 Å². The summed E-state index contributed by atoms with van der Waals surface area (Å²) in [7, 11) is 0. The van der Waals surface area contributed by atoms with Crippen molar-refractivity contribution in [1.82, 2.24) is 0 Å². The fraction of sp³-hybridized carbons (Fsp3) is 0.500. The average Bonchev–Trinajstić information content (AvgIpc) is 2.29. The van der Waals surface area contributed by atoms with E-state index in [1.54, 1.807) is 6.92 Å². The van der Waals surface area contributed by atoms with Crippen molar-refractivity contribution < 1.29 is 9.84 Å². The van der Waals surface area contributed by atoms with E-state index in [2.05, 4.69) is 4.90 Å². The monoisotopic (exact) mass is 241 g/mol. The van der Waals surface area contributed by atoms with Crippen LogP contribution in [0.2, 0.25) is 5.02 Å². The molecule has 1 atom stereocenters. The van der Waals surface area contributed by atoms with Gasteiger partial charge in [-0.05, 0) is 24.6 Å². The number of ether oxygens (including phenoxy) is 1. The molecular weight excluding hydrogens is 226 g/mol. The van der Waals surface area contributed by atoms with Crippen molar-refractivity contribution in [2.75, 3.05) is 31.2 Å². The summed E-state index contributed by atoms with van der Waals surface area (Å²) in [5, 5.41) is 10.1. The zero-order valence-electron chi connectivity index (χ0n) is 9.32. The second-order valence-corrected chi connectivity index (χ2v) is 4.39. The molecule has 2 rings (SSSR count). The highest BCUT2D eigenvalue weighted by Gasteiger charge is 2.13. The highest BCUT2D eigenvalue weighted by Crippen LogP contribution is 2.28. The van der Waals surface area contributed by atoms with E-state index in [9.17, 15) is 5.11 Å². The van der Waals surface area contributed by atoms with Gasteiger partial charge < -0.3 is 14.7 Å². The van der Waals surface area contributed by atoms with Gasteiger partial charge in [0.1, 0.15) is 0 Å². The number of hydrogen-bond donors (Lipinski definition) is 1. The maximum absolute atomic E-state index is 9.49. The molecule has 1 aromatic carbocycles. The smallest absolute Gasteiger partial charge is 0.0776 e. The van der Waals surface area contributed by atoms with Crippen molar-refractivity contribution in [2.24, 2.45) is 0 Å². The van der Waals surface area contributed by atoms with Crippen LogP contribution in [0.1, 0.15) is 18.6 Å². The molecule has 0 saturated carbocycles. The summed E-state index contributed by atoms with van der Waals surface area (Å²) < 4.78 is 5.30. The SMILES string of the molecule is C[C@@H](O)c1ccc(N2CCOCC2)cc1Cl. The quantitative estimate of drug-likeness (QED) is 0.862. The molecule has 0 amide bonds. The summed E-state index contributed by atoms with van der Waals surface area (Å²) in [5.41, 5.74) is 1.87. The van der Waals surface area contributed by atoms with Crippen molar-refractivity contribution >= 4 is 17.3 Å². The number of aliphatic hydroxyl groups is 1. The van der Waals surface area contributed by atoms with Crippen LogP contribution in [0.4, 0.5) is 5.69 Å². The lowest BCUT2D eigenvalue weighted by Crippen LogP contribution is -2.36. The molecule has 1 aliphatic rings. The van der Waals surface area contributed by atoms with E-state index in [0.29, 0.717) is 5.02 Å². The number of nitrogens with zero attached hydrogens (tertiary/aromatic N) is 1. The predicted octanol–water partition coefficient (Wildman–Crippen LogP) is 2.23. The van der Waals surface area contributed by atoms with Crippen LogP contribution in [0.25, 0.3) is 0 Å². The van der Waals surface area contributed by atoms with E-state index >= 15 is 0 Å². The lowest BCUT2D eigenvalue weighted by Gasteiger charge is -2.29. The summed E-state index contributed by atoms with van der Waals surface area (Å²) in [4.78, 5) is 2.24. The minimum absolute atomic E-state index is 0.522. The van der Waals surface area contributed by atoms with Crippen molar-refractivity contribution in [3.8, 4) is 0 Å². The van der Waals surface area contributed by atoms with Crippen molar-refractivity contribution in [3.05, 3.63) is 28.8 Å². The number of halogens is 1. The first kappa shape index (κ1) is 11.7. The molecule has 1 N–H and O–H groups in total. The fourth-order valence-electron chi connectivity index (χ4n) is 1.87. The van der Waals surface area contributed by atoms with Crippen LogP contribution in [0.5, 0.6) is 0 Å². The second kappa shape index (κ2) is 5.04. The maximum atomic E-state index is 9.49. The number of aliphatic hydroxyl groups excluding tert-OH is 1. The van der Waals surface area contributed by atoms with Crippen LogP contribution in [0.3, 0.4) is 0 Å². The molecular formula is C12H16ClNO2. The molecule has 88 valence electrons. The van der Waals surface area contributed by atoms with E-state index < -0.39 is 6.10 Å². The molecule has 4 heteroatoms. The molecule has 0 aromatic heterocycles. The molecule has 3 nitrogen and oxygen atoms in total. The van der Waals surface area contributed by atoms with Crippen LogP contribution in [-0.2, 0) is 4.74 Å². The standard InChI is InChI=1S/C12H16ClNO2/c1-9(15)11-3-2-10(8-12(11)13)14-4-6-16-7-5-14/h2-3,8-9,15H,4-7H2,1H3/t9-/m1/s1. The minimum atomic E-state index is -0.522. The molecule has 1 fully saturated rings. The van der Waals surface area contributed by atoms with Crippen LogP contribution < -0.4 is 4.90 Å². The van der Waals surface area contributed by atoms with Crippen LogP contribution in [0, 0.1) is 0 Å². The highest BCUT2D eigenvalue weighted by atomic mass is 35.5. The zero-order chi connectivity index (χ0) is 11.5. The largest absolute Gasteiger partial charge is 0.389 e. The number of hydrogen-bond acceptors (Lipinski definition) is 3. The van der Waals surface area contributed by atoms with Crippen LogP contribution >= 0.6 is 11.6 Å². The van der Waals surface area contributed by atoms with Gasteiger partial charge in [0, 0.05) is 23.8 Å². The number of anilines is 1. The summed E-state index contributed by atoms with van der Waals surface area (Å²) in [6, 6.07) is 5.80. The van der Waals surface area contributed by atoms with Crippen molar-refractivity contribution in [3.63, 3.8) is 0 Å². The van der Waals surface area contributed by atoms with Gasteiger partial charge in [-0.3, -0.25) is 0 Å². The van der Waals surface area contributed by atoms with Crippen molar-refractivity contribution in [2.45, 2.75) is 13.0 Å². The Balaban J connectivity index is 2.19. The Labute approximate surface area is 101 Å². The minimum Gasteiger partial charge on any atom is -0.389 e. The Hall–Kier alpha value is -0.770. The van der Waals surface area contributed by atoms with Gasteiger partial charge in [-0.15, -0.1) is 0 Å². The molecule has 0 bridgehead atoms. The van der Waals surface area contributed by atoms with Crippen LogP contribution in [0.15, 0.2) is 18.2 Å². The predicted molar refractivity (Wildman–Crippen MR) is 65.1 cm³/mol. The van der Waals surface area contributed by atoms with E-state index in [-0.39, 0.29) is 0 Å². The topological polar surface area (TPSA) is 32.7 Å². The molecule has 0 unspecified atom stereocenters. The first-order valence-corrected chi connectivity index (χ1v) is 5.86.